The van der Waals surface area contributed by atoms with Crippen molar-refractivity contribution in [3.63, 3.8) is 0 Å². The van der Waals surface area contributed by atoms with E-state index in [1.165, 1.54) is 7.11 Å². The van der Waals surface area contributed by atoms with E-state index in [-0.39, 0.29) is 6.54 Å². The third kappa shape index (κ3) is 6.00. The van der Waals surface area contributed by atoms with Gasteiger partial charge in [0.05, 0.1) is 24.9 Å². The van der Waals surface area contributed by atoms with Gasteiger partial charge in [0, 0.05) is 17.1 Å². The van der Waals surface area contributed by atoms with Crippen LogP contribution in [-0.4, -0.2) is 42.6 Å². The van der Waals surface area contributed by atoms with E-state index in [2.05, 4.69) is 15.2 Å². The van der Waals surface area contributed by atoms with Crippen LogP contribution in [0.1, 0.15) is 27.3 Å². The number of hydrogen-bond acceptors (Lipinski definition) is 5. The van der Waals surface area contributed by atoms with Crippen molar-refractivity contribution in [3.05, 3.63) is 77.1 Å². The van der Waals surface area contributed by atoms with Gasteiger partial charge in [-0.25, -0.2) is 4.79 Å². The summed E-state index contributed by atoms with van der Waals surface area (Å²) in [7, 11) is 1.51. The number of aromatic nitrogens is 1. The van der Waals surface area contributed by atoms with Crippen molar-refractivity contribution in [2.45, 2.75) is 20.8 Å². The van der Waals surface area contributed by atoms with Crippen LogP contribution in [0, 0.1) is 20.8 Å². The molecule has 3 aromatic rings. The Morgan fingerprint density at radius 2 is 1.55 bits per heavy atom. The molecule has 0 aliphatic rings. The Morgan fingerprint density at radius 1 is 0.879 bits per heavy atom. The van der Waals surface area contributed by atoms with Crippen LogP contribution in [0.4, 0.5) is 5.69 Å². The van der Waals surface area contributed by atoms with Crippen molar-refractivity contribution in [1.29, 1.82) is 0 Å². The maximum absolute atomic E-state index is 12.3. The number of methoxy groups -OCH3 is 1. The number of rotatable bonds is 8. The number of esters is 1. The van der Waals surface area contributed by atoms with E-state index in [4.69, 9.17) is 9.47 Å². The molecule has 2 aromatic carbocycles. The number of hydrogen-bond donors (Lipinski definition) is 2. The van der Waals surface area contributed by atoms with E-state index in [1.807, 2.05) is 51.1 Å². The standard InChI is InChI=1S/C25H27N3O5/c1-16-5-12-22(32-4)21(13-16)27-23(29)14-26-24(30)15-33-25(31)19-8-10-20(11-9-19)28-17(2)6-7-18(28)3/h5-13H,14-15H2,1-4H3,(H,26,30)(H,27,29). The number of benzene rings is 2. The minimum absolute atomic E-state index is 0.266. The van der Waals surface area contributed by atoms with Crippen LogP contribution in [0.2, 0.25) is 0 Å². The van der Waals surface area contributed by atoms with Crippen LogP contribution in [0.15, 0.2) is 54.6 Å². The predicted octanol–water partition coefficient (Wildman–Crippen LogP) is 3.32. The zero-order valence-corrected chi connectivity index (χ0v) is 19.1. The molecule has 0 spiro atoms. The van der Waals surface area contributed by atoms with Crippen LogP contribution >= 0.6 is 0 Å². The van der Waals surface area contributed by atoms with Crippen molar-refractivity contribution in [2.75, 3.05) is 25.6 Å². The third-order valence-electron chi connectivity index (χ3n) is 5.04. The van der Waals surface area contributed by atoms with Crippen LogP contribution in [0.5, 0.6) is 5.75 Å². The van der Waals surface area contributed by atoms with Crippen molar-refractivity contribution < 1.29 is 23.9 Å². The fraction of sp³-hybridized carbons (Fsp3) is 0.240. The molecule has 0 bridgehead atoms. The van der Waals surface area contributed by atoms with Crippen molar-refractivity contribution >= 4 is 23.5 Å². The van der Waals surface area contributed by atoms with Gasteiger partial charge in [-0.15, -0.1) is 0 Å². The van der Waals surface area contributed by atoms with Crippen molar-refractivity contribution in [2.24, 2.45) is 0 Å². The first-order valence-electron chi connectivity index (χ1n) is 10.4. The van der Waals surface area contributed by atoms with E-state index in [9.17, 15) is 14.4 Å². The summed E-state index contributed by atoms with van der Waals surface area (Å²) in [5, 5.41) is 5.11. The zero-order chi connectivity index (χ0) is 24.0. The summed E-state index contributed by atoms with van der Waals surface area (Å²) in [6, 6.07) is 16.4. The van der Waals surface area contributed by atoms with Gasteiger partial charge in [-0.3, -0.25) is 9.59 Å². The van der Waals surface area contributed by atoms with Crippen LogP contribution in [0.25, 0.3) is 5.69 Å². The molecular formula is C25H27N3O5. The van der Waals surface area contributed by atoms with Gasteiger partial charge in [-0.05, 0) is 74.9 Å². The molecule has 2 N–H and O–H groups in total. The molecule has 0 fully saturated rings. The van der Waals surface area contributed by atoms with Crippen molar-refractivity contribution in [1.82, 2.24) is 9.88 Å². The molecule has 0 aliphatic carbocycles. The lowest BCUT2D eigenvalue weighted by Crippen LogP contribution is -2.35. The molecule has 3 rings (SSSR count). The van der Waals surface area contributed by atoms with Crippen LogP contribution in [0.3, 0.4) is 0 Å². The molecular weight excluding hydrogens is 422 g/mol. The van der Waals surface area contributed by atoms with Gasteiger partial charge in [0.25, 0.3) is 5.91 Å². The highest BCUT2D eigenvalue weighted by molar-refractivity contribution is 5.96. The quantitative estimate of drug-likeness (QED) is 0.514. The normalized spacial score (nSPS) is 10.4. The van der Waals surface area contributed by atoms with Crippen molar-refractivity contribution in [3.8, 4) is 11.4 Å². The Balaban J connectivity index is 1.47. The lowest BCUT2D eigenvalue weighted by molar-refractivity contribution is -0.126. The van der Waals surface area contributed by atoms with Crippen LogP contribution in [-0.2, 0) is 14.3 Å². The molecule has 0 atom stereocenters. The molecule has 0 saturated carbocycles. The second-order valence-corrected chi connectivity index (χ2v) is 7.60. The number of carbonyl (C=O) groups is 3. The summed E-state index contributed by atoms with van der Waals surface area (Å²) < 4.78 is 12.3. The number of carbonyl (C=O) groups excluding carboxylic acids is 3. The van der Waals surface area contributed by atoms with E-state index in [0.717, 1.165) is 22.6 Å². The average molecular weight is 450 g/mol. The smallest absolute Gasteiger partial charge is 0.338 e. The first kappa shape index (κ1) is 23.6. The molecule has 8 nitrogen and oxygen atoms in total. The summed E-state index contributed by atoms with van der Waals surface area (Å²) in [5.41, 5.74) is 4.90. The fourth-order valence-electron chi connectivity index (χ4n) is 3.38. The molecule has 0 unspecified atom stereocenters. The lowest BCUT2D eigenvalue weighted by atomic mass is 10.2. The van der Waals surface area contributed by atoms with Gasteiger partial charge < -0.3 is 24.7 Å². The average Bonchev–Trinajstić information content (AvgIpc) is 3.14. The molecule has 0 aliphatic heterocycles. The largest absolute Gasteiger partial charge is 0.495 e. The summed E-state index contributed by atoms with van der Waals surface area (Å²) in [6.45, 7) is 5.15. The molecule has 2 amide bonds. The van der Waals surface area contributed by atoms with E-state index < -0.39 is 24.4 Å². The molecule has 33 heavy (non-hydrogen) atoms. The van der Waals surface area contributed by atoms with E-state index in [0.29, 0.717) is 17.0 Å². The molecule has 1 heterocycles. The molecule has 8 heteroatoms. The Labute approximate surface area is 192 Å². The Hall–Kier alpha value is -4.07. The Kier molecular flexibility index (Phi) is 7.50. The summed E-state index contributed by atoms with van der Waals surface area (Å²) in [5.74, 6) is -1.11. The van der Waals surface area contributed by atoms with Gasteiger partial charge in [0.15, 0.2) is 6.61 Å². The predicted molar refractivity (Wildman–Crippen MR) is 125 cm³/mol. The lowest BCUT2D eigenvalue weighted by Gasteiger charge is -2.12. The number of amides is 2. The van der Waals surface area contributed by atoms with E-state index in [1.54, 1.807) is 24.3 Å². The first-order valence-corrected chi connectivity index (χ1v) is 10.4. The molecule has 0 radical (unpaired) electrons. The third-order valence-corrected chi connectivity index (χ3v) is 5.04. The minimum atomic E-state index is -0.619. The number of anilines is 1. The number of nitrogens with zero attached hydrogens (tertiary/aromatic N) is 1. The van der Waals surface area contributed by atoms with Gasteiger partial charge in [0.2, 0.25) is 5.91 Å². The summed E-state index contributed by atoms with van der Waals surface area (Å²) >= 11 is 0. The Bertz CT molecular complexity index is 1150. The minimum Gasteiger partial charge on any atom is -0.495 e. The first-order chi connectivity index (χ1) is 15.8. The van der Waals surface area contributed by atoms with Gasteiger partial charge in [-0.1, -0.05) is 6.07 Å². The number of aryl methyl sites for hydroxylation is 3. The molecule has 1 aromatic heterocycles. The van der Waals surface area contributed by atoms with Gasteiger partial charge in [-0.2, -0.15) is 0 Å². The fourth-order valence-corrected chi connectivity index (χ4v) is 3.38. The second-order valence-electron chi connectivity index (χ2n) is 7.60. The van der Waals surface area contributed by atoms with E-state index >= 15 is 0 Å². The SMILES string of the molecule is COc1ccc(C)cc1NC(=O)CNC(=O)COC(=O)c1ccc(-n2c(C)ccc2C)cc1. The number of nitrogens with one attached hydrogen (secondary N) is 2. The maximum Gasteiger partial charge on any atom is 0.338 e. The monoisotopic (exact) mass is 449 g/mol. The van der Waals surface area contributed by atoms with Crippen LogP contribution < -0.4 is 15.4 Å². The second kappa shape index (κ2) is 10.5. The topological polar surface area (TPSA) is 98.7 Å². The molecule has 0 saturated heterocycles. The zero-order valence-electron chi connectivity index (χ0n) is 19.1. The highest BCUT2D eigenvalue weighted by atomic mass is 16.5. The molecule has 172 valence electrons. The maximum atomic E-state index is 12.3. The summed E-state index contributed by atoms with van der Waals surface area (Å²) in [4.78, 5) is 36.4. The number of ether oxygens (including phenoxy) is 2. The van der Waals surface area contributed by atoms with Gasteiger partial charge in [0.1, 0.15) is 5.75 Å². The highest BCUT2D eigenvalue weighted by Gasteiger charge is 2.13. The van der Waals surface area contributed by atoms with Gasteiger partial charge >= 0.3 is 5.97 Å². The summed E-state index contributed by atoms with van der Waals surface area (Å²) in [6.07, 6.45) is 0. The Morgan fingerprint density at radius 3 is 2.18 bits per heavy atom. The highest BCUT2D eigenvalue weighted by Crippen LogP contribution is 2.25.